The number of nitro benzene ring substituents is 1. The molecule has 1 saturated carbocycles. The Morgan fingerprint density at radius 1 is 1.16 bits per heavy atom. The second-order valence-corrected chi connectivity index (χ2v) is 6.66. The molecule has 0 spiro atoms. The highest BCUT2D eigenvalue weighted by Gasteiger charge is 2.33. The van der Waals surface area contributed by atoms with Gasteiger partial charge in [-0.25, -0.2) is 0 Å². The summed E-state index contributed by atoms with van der Waals surface area (Å²) >= 11 is 0. The van der Waals surface area contributed by atoms with Crippen LogP contribution in [-0.2, 0) is 4.79 Å². The minimum absolute atomic E-state index is 0. The summed E-state index contributed by atoms with van der Waals surface area (Å²) in [5.41, 5.74) is 5.95. The molecule has 8 heteroatoms. The zero-order chi connectivity index (χ0) is 17.1. The van der Waals surface area contributed by atoms with E-state index in [1.54, 1.807) is 12.1 Å². The van der Waals surface area contributed by atoms with Crippen LogP contribution in [0.25, 0.3) is 0 Å². The van der Waals surface area contributed by atoms with Crippen LogP contribution >= 0.6 is 12.4 Å². The molecule has 138 valence electrons. The molecule has 2 atom stereocenters. The molecule has 1 amide bonds. The molecular formula is C17H24ClN3O4. The van der Waals surface area contributed by atoms with Gasteiger partial charge in [0.15, 0.2) is 0 Å². The highest BCUT2D eigenvalue weighted by atomic mass is 35.5. The predicted molar refractivity (Wildman–Crippen MR) is 95.9 cm³/mol. The zero-order valence-electron chi connectivity index (χ0n) is 14.0. The topological polar surface area (TPSA) is 98.7 Å². The van der Waals surface area contributed by atoms with Gasteiger partial charge in [0.1, 0.15) is 11.9 Å². The summed E-state index contributed by atoms with van der Waals surface area (Å²) in [7, 11) is 0. The summed E-state index contributed by atoms with van der Waals surface area (Å²) in [6, 6.07) is 6.29. The molecule has 0 aromatic heterocycles. The third-order valence-electron chi connectivity index (χ3n) is 4.93. The van der Waals surface area contributed by atoms with Gasteiger partial charge >= 0.3 is 0 Å². The number of likely N-dealkylation sites (tertiary alicyclic amines) is 1. The van der Waals surface area contributed by atoms with Crippen LogP contribution in [0.5, 0.6) is 5.75 Å². The van der Waals surface area contributed by atoms with Crippen molar-refractivity contribution in [3.63, 3.8) is 0 Å². The summed E-state index contributed by atoms with van der Waals surface area (Å²) in [5, 5.41) is 10.7. The van der Waals surface area contributed by atoms with E-state index in [4.69, 9.17) is 10.5 Å². The molecule has 0 radical (unpaired) electrons. The molecule has 1 aliphatic carbocycles. The maximum atomic E-state index is 12.5. The number of amides is 1. The number of carbonyl (C=O) groups excluding carboxylic acids is 1. The van der Waals surface area contributed by atoms with Crippen molar-refractivity contribution in [3.8, 4) is 5.75 Å². The van der Waals surface area contributed by atoms with Crippen LogP contribution in [0.4, 0.5) is 5.69 Å². The first-order valence-electron chi connectivity index (χ1n) is 8.48. The average molecular weight is 370 g/mol. The Kier molecular flexibility index (Phi) is 6.61. The van der Waals surface area contributed by atoms with E-state index in [1.165, 1.54) is 12.1 Å². The van der Waals surface area contributed by atoms with Gasteiger partial charge < -0.3 is 15.4 Å². The SMILES string of the molecule is Cl.NC1CCC(C(=O)N2CCC(Oc3ccc([N+](=O)[O-])cc3)CC2)C1. The number of benzene rings is 1. The number of carbonyl (C=O) groups is 1. The van der Waals surface area contributed by atoms with Crippen molar-refractivity contribution < 1.29 is 14.5 Å². The summed E-state index contributed by atoms with van der Waals surface area (Å²) in [6.07, 6.45) is 4.25. The molecular weight excluding hydrogens is 346 g/mol. The number of nitro groups is 1. The van der Waals surface area contributed by atoms with Gasteiger partial charge in [-0.1, -0.05) is 0 Å². The Balaban J connectivity index is 0.00000225. The Hall–Kier alpha value is -1.86. The summed E-state index contributed by atoms with van der Waals surface area (Å²) in [6.45, 7) is 1.39. The number of nitrogens with zero attached hydrogens (tertiary/aromatic N) is 2. The fraction of sp³-hybridized carbons (Fsp3) is 0.588. The molecule has 2 fully saturated rings. The van der Waals surface area contributed by atoms with E-state index in [0.29, 0.717) is 18.8 Å². The third kappa shape index (κ3) is 4.83. The molecule has 1 saturated heterocycles. The second-order valence-electron chi connectivity index (χ2n) is 6.66. The quantitative estimate of drug-likeness (QED) is 0.649. The molecule has 1 aromatic carbocycles. The molecule has 2 unspecified atom stereocenters. The van der Waals surface area contributed by atoms with Crippen LogP contribution in [0.3, 0.4) is 0 Å². The standard InChI is InChI=1S/C17H23N3O4.ClH/c18-13-2-1-12(11-13)17(21)19-9-7-16(8-10-19)24-15-5-3-14(4-6-15)20(22)23;/h3-6,12-13,16H,1-2,7-11,18H2;1H. The molecule has 2 aliphatic rings. The molecule has 3 rings (SSSR count). The maximum Gasteiger partial charge on any atom is 0.269 e. The van der Waals surface area contributed by atoms with Crippen LogP contribution < -0.4 is 10.5 Å². The Morgan fingerprint density at radius 2 is 1.80 bits per heavy atom. The first-order chi connectivity index (χ1) is 11.5. The highest BCUT2D eigenvalue weighted by Crippen LogP contribution is 2.28. The first-order valence-corrected chi connectivity index (χ1v) is 8.48. The van der Waals surface area contributed by atoms with Crippen molar-refractivity contribution in [2.24, 2.45) is 11.7 Å². The van der Waals surface area contributed by atoms with Gasteiger partial charge in [0.25, 0.3) is 5.69 Å². The van der Waals surface area contributed by atoms with Crippen molar-refractivity contribution in [3.05, 3.63) is 34.4 Å². The van der Waals surface area contributed by atoms with Crippen molar-refractivity contribution >= 4 is 24.0 Å². The number of non-ortho nitro benzene ring substituents is 1. The van der Waals surface area contributed by atoms with Gasteiger partial charge in [-0.3, -0.25) is 14.9 Å². The minimum Gasteiger partial charge on any atom is -0.490 e. The fourth-order valence-electron chi connectivity index (χ4n) is 3.53. The molecule has 1 aromatic rings. The lowest BCUT2D eigenvalue weighted by Crippen LogP contribution is -2.44. The third-order valence-corrected chi connectivity index (χ3v) is 4.93. The summed E-state index contributed by atoms with van der Waals surface area (Å²) in [5.74, 6) is 0.955. The van der Waals surface area contributed by atoms with Crippen LogP contribution in [0.2, 0.25) is 0 Å². The van der Waals surface area contributed by atoms with Gasteiger partial charge in [0, 0.05) is 50.0 Å². The van der Waals surface area contributed by atoms with Gasteiger partial charge in [-0.15, -0.1) is 12.4 Å². The summed E-state index contributed by atoms with van der Waals surface area (Å²) < 4.78 is 5.88. The van der Waals surface area contributed by atoms with Gasteiger partial charge in [0.2, 0.25) is 5.91 Å². The lowest BCUT2D eigenvalue weighted by molar-refractivity contribution is -0.384. The fourth-order valence-corrected chi connectivity index (χ4v) is 3.53. The van der Waals surface area contributed by atoms with E-state index in [9.17, 15) is 14.9 Å². The van der Waals surface area contributed by atoms with Gasteiger partial charge in [0.05, 0.1) is 4.92 Å². The molecule has 7 nitrogen and oxygen atoms in total. The number of rotatable bonds is 4. The lowest BCUT2D eigenvalue weighted by Gasteiger charge is -2.33. The largest absolute Gasteiger partial charge is 0.490 e. The van der Waals surface area contributed by atoms with E-state index >= 15 is 0 Å². The van der Waals surface area contributed by atoms with Crippen LogP contribution in [-0.4, -0.2) is 41.0 Å². The first kappa shape index (κ1) is 19.5. The van der Waals surface area contributed by atoms with E-state index in [0.717, 1.165) is 32.1 Å². The Bertz CT molecular complexity index is 602. The second kappa shape index (κ2) is 8.49. The number of piperidine rings is 1. The van der Waals surface area contributed by atoms with Crippen molar-refractivity contribution in [1.82, 2.24) is 4.90 Å². The molecule has 2 N–H and O–H groups in total. The van der Waals surface area contributed by atoms with Gasteiger partial charge in [-0.05, 0) is 31.4 Å². The van der Waals surface area contributed by atoms with Gasteiger partial charge in [-0.2, -0.15) is 0 Å². The highest BCUT2D eigenvalue weighted by molar-refractivity contribution is 5.85. The van der Waals surface area contributed by atoms with E-state index in [2.05, 4.69) is 0 Å². The van der Waals surface area contributed by atoms with Crippen molar-refractivity contribution in [2.75, 3.05) is 13.1 Å². The van der Waals surface area contributed by atoms with E-state index in [1.807, 2.05) is 4.90 Å². The number of ether oxygens (including phenoxy) is 1. The summed E-state index contributed by atoms with van der Waals surface area (Å²) in [4.78, 5) is 24.6. The zero-order valence-corrected chi connectivity index (χ0v) is 14.8. The maximum absolute atomic E-state index is 12.5. The van der Waals surface area contributed by atoms with Crippen molar-refractivity contribution in [2.45, 2.75) is 44.2 Å². The Morgan fingerprint density at radius 3 is 2.32 bits per heavy atom. The number of nitrogens with two attached hydrogens (primary N) is 1. The van der Waals surface area contributed by atoms with E-state index < -0.39 is 4.92 Å². The van der Waals surface area contributed by atoms with Crippen LogP contribution in [0, 0.1) is 16.0 Å². The number of hydrogen-bond donors (Lipinski definition) is 1. The average Bonchev–Trinajstić information content (AvgIpc) is 3.02. The van der Waals surface area contributed by atoms with Crippen LogP contribution in [0.15, 0.2) is 24.3 Å². The molecule has 1 heterocycles. The van der Waals surface area contributed by atoms with Crippen LogP contribution in [0.1, 0.15) is 32.1 Å². The van der Waals surface area contributed by atoms with E-state index in [-0.39, 0.29) is 42.1 Å². The normalized spacial score (nSPS) is 23.8. The number of hydrogen-bond acceptors (Lipinski definition) is 5. The molecule has 0 bridgehead atoms. The van der Waals surface area contributed by atoms with Crippen molar-refractivity contribution in [1.29, 1.82) is 0 Å². The lowest BCUT2D eigenvalue weighted by atomic mass is 10.0. The molecule has 25 heavy (non-hydrogen) atoms. The number of halogens is 1. The monoisotopic (exact) mass is 369 g/mol. The molecule has 1 aliphatic heterocycles. The minimum atomic E-state index is -0.428. The predicted octanol–water partition coefficient (Wildman–Crippen LogP) is 2.51. The Labute approximate surface area is 153 Å². The smallest absolute Gasteiger partial charge is 0.269 e.